The van der Waals surface area contributed by atoms with Gasteiger partial charge in [0.15, 0.2) is 5.84 Å². The Labute approximate surface area is 324 Å². The molecular weight excluding hydrogens is 683 g/mol. The first kappa shape index (κ1) is 32.0. The highest BCUT2D eigenvalue weighted by atomic mass is 15.3. The third kappa shape index (κ3) is 5.32. The van der Waals surface area contributed by atoms with Gasteiger partial charge >= 0.3 is 0 Å². The predicted molar refractivity (Wildman–Crippen MR) is 233 cm³/mol. The van der Waals surface area contributed by atoms with Gasteiger partial charge in [0, 0.05) is 38.4 Å². The molecule has 10 aromatic rings. The lowest BCUT2D eigenvalue weighted by Crippen LogP contribution is -2.36. The van der Waals surface area contributed by atoms with E-state index in [1.54, 1.807) is 0 Å². The largest absolute Gasteiger partial charge is 0.331 e. The Morgan fingerprint density at radius 2 is 0.857 bits per heavy atom. The molecule has 1 unspecified atom stereocenters. The van der Waals surface area contributed by atoms with Crippen LogP contribution in [0.5, 0.6) is 0 Å². The summed E-state index contributed by atoms with van der Waals surface area (Å²) < 4.78 is 4.68. The predicted octanol–water partition coefficient (Wildman–Crippen LogP) is 12.2. The minimum absolute atomic E-state index is 0.405. The van der Waals surface area contributed by atoms with Crippen LogP contribution in [0.2, 0.25) is 0 Å². The topological polar surface area (TPSA) is 46.6 Å². The second kappa shape index (κ2) is 13.1. The van der Waals surface area contributed by atoms with Gasteiger partial charge in [-0.1, -0.05) is 146 Å². The van der Waals surface area contributed by atoms with Crippen molar-refractivity contribution in [1.29, 1.82) is 0 Å². The summed E-state index contributed by atoms with van der Waals surface area (Å²) in [5.74, 6) is 1.50. The van der Waals surface area contributed by atoms with Gasteiger partial charge in [-0.3, -0.25) is 0 Å². The van der Waals surface area contributed by atoms with Crippen LogP contribution in [0.4, 0.5) is 0 Å². The summed E-state index contributed by atoms with van der Waals surface area (Å²) in [6.07, 6.45) is -0.405. The lowest BCUT2D eigenvalue weighted by atomic mass is 9.97. The summed E-state index contributed by atoms with van der Waals surface area (Å²) in [5.41, 5.74) is 12.5. The van der Waals surface area contributed by atoms with E-state index in [0.717, 1.165) is 33.7 Å². The van der Waals surface area contributed by atoms with Crippen molar-refractivity contribution in [2.75, 3.05) is 0 Å². The van der Waals surface area contributed by atoms with E-state index in [2.05, 4.69) is 178 Å². The Hall–Kier alpha value is -7.50. The molecule has 0 bridgehead atoms. The number of nitrogens with zero attached hydrogens (tertiary/aromatic N) is 4. The highest BCUT2D eigenvalue weighted by Crippen LogP contribution is 2.38. The van der Waals surface area contributed by atoms with E-state index < -0.39 is 6.29 Å². The maximum atomic E-state index is 5.23. The maximum Gasteiger partial charge on any atom is 0.204 e. The zero-order valence-electron chi connectivity index (χ0n) is 30.4. The Kier molecular flexibility index (Phi) is 7.49. The fourth-order valence-corrected chi connectivity index (χ4v) is 8.36. The Morgan fingerprint density at radius 3 is 1.55 bits per heavy atom. The Balaban J connectivity index is 1.01. The van der Waals surface area contributed by atoms with Gasteiger partial charge in [-0.05, 0) is 76.9 Å². The van der Waals surface area contributed by atoms with E-state index in [-0.39, 0.29) is 0 Å². The molecule has 0 aliphatic carbocycles. The molecule has 0 saturated carbocycles. The maximum absolute atomic E-state index is 5.23. The average Bonchev–Trinajstić information content (AvgIpc) is 3.79. The lowest BCUT2D eigenvalue weighted by molar-refractivity contribution is 0.516. The molecule has 0 fully saturated rings. The normalized spacial score (nSPS) is 14.2. The molecule has 0 spiro atoms. The van der Waals surface area contributed by atoms with Crippen molar-refractivity contribution in [1.82, 2.24) is 14.5 Å². The van der Waals surface area contributed by atoms with Crippen LogP contribution in [-0.2, 0) is 0 Å². The lowest BCUT2D eigenvalue weighted by Gasteiger charge is -2.25. The number of benzene rings is 8. The minimum atomic E-state index is -0.405. The molecule has 264 valence electrons. The van der Waals surface area contributed by atoms with Crippen LogP contribution in [0.1, 0.15) is 17.4 Å². The summed E-state index contributed by atoms with van der Waals surface area (Å²) >= 11 is 0. The Bertz CT molecular complexity index is 3150. The minimum Gasteiger partial charge on any atom is -0.331 e. The third-order valence-corrected chi connectivity index (χ3v) is 11.0. The van der Waals surface area contributed by atoms with Gasteiger partial charge in [0.2, 0.25) is 6.29 Å². The molecule has 56 heavy (non-hydrogen) atoms. The van der Waals surface area contributed by atoms with Gasteiger partial charge < -0.3 is 14.5 Å². The summed E-state index contributed by atoms with van der Waals surface area (Å²) in [6.45, 7) is 0. The van der Waals surface area contributed by atoms with E-state index >= 15 is 0 Å². The monoisotopic (exact) mass is 717 g/mol. The number of hydrogen-bond acceptors (Lipinski definition) is 3. The molecule has 0 radical (unpaired) electrons. The Morgan fingerprint density at radius 1 is 0.375 bits per heavy atom. The van der Waals surface area contributed by atoms with E-state index in [1.807, 2.05) is 36.4 Å². The number of para-hydroxylation sites is 3. The van der Waals surface area contributed by atoms with E-state index in [9.17, 15) is 0 Å². The van der Waals surface area contributed by atoms with Crippen LogP contribution in [-0.4, -0.2) is 20.8 Å². The van der Waals surface area contributed by atoms with Gasteiger partial charge in [0.05, 0.1) is 22.1 Å². The molecule has 2 aromatic heterocycles. The van der Waals surface area contributed by atoms with Crippen molar-refractivity contribution in [3.63, 3.8) is 0 Å². The number of fused-ring (bicyclic) bond motifs is 6. The molecule has 0 saturated heterocycles. The number of amidine groups is 2. The summed E-state index contributed by atoms with van der Waals surface area (Å²) in [7, 11) is 0. The number of aromatic nitrogens is 2. The van der Waals surface area contributed by atoms with E-state index in [1.165, 1.54) is 54.8 Å². The van der Waals surface area contributed by atoms with Crippen molar-refractivity contribution < 1.29 is 0 Å². The summed E-state index contributed by atoms with van der Waals surface area (Å²) in [4.78, 5) is 10.3. The molecule has 3 heterocycles. The zero-order chi connectivity index (χ0) is 37.0. The van der Waals surface area contributed by atoms with Crippen molar-refractivity contribution in [2.24, 2.45) is 9.98 Å². The van der Waals surface area contributed by atoms with Crippen LogP contribution in [0.3, 0.4) is 0 Å². The number of aliphatic imine (C=N–C) groups is 2. The van der Waals surface area contributed by atoms with Crippen LogP contribution < -0.4 is 5.32 Å². The molecule has 1 aliphatic rings. The number of nitrogens with one attached hydrogen (secondary N) is 1. The smallest absolute Gasteiger partial charge is 0.204 e. The van der Waals surface area contributed by atoms with Crippen molar-refractivity contribution >= 4 is 55.3 Å². The third-order valence-electron chi connectivity index (χ3n) is 11.0. The van der Waals surface area contributed by atoms with Gasteiger partial charge in [0.1, 0.15) is 5.84 Å². The standard InChI is InChI=1S/C51H35N5/c1-4-15-34(16-5-1)49-52-50(35-17-6-2-7-18-35)54-51(53-49)56-46-26-13-11-24-42(46)44-33-39(28-30-48(44)56)37-20-14-19-36(31-37)38-27-29-47-43(32-38)41-23-10-12-25-45(41)55(47)40-21-8-3-9-22-40/h1-33,51H,(H,52,53,54). The van der Waals surface area contributed by atoms with Crippen LogP contribution in [0.15, 0.2) is 210 Å². The molecule has 0 amide bonds. The first-order chi connectivity index (χ1) is 27.8. The van der Waals surface area contributed by atoms with Crippen molar-refractivity contribution in [2.45, 2.75) is 6.29 Å². The van der Waals surface area contributed by atoms with Gasteiger partial charge in [-0.2, -0.15) is 0 Å². The summed E-state index contributed by atoms with van der Waals surface area (Å²) in [6, 6.07) is 71.1. The molecule has 1 atom stereocenters. The number of rotatable bonds is 6. The first-order valence-corrected chi connectivity index (χ1v) is 19.0. The van der Waals surface area contributed by atoms with Crippen LogP contribution in [0, 0.1) is 0 Å². The SMILES string of the molecule is c1ccc(C2=NC(n3c4ccccc4c4cc(-c5cccc(-c6ccc7c(c6)c6ccccc6n7-c6ccccc6)c5)ccc43)NC(c3ccccc3)=N2)cc1. The van der Waals surface area contributed by atoms with E-state index in [4.69, 9.17) is 9.98 Å². The number of hydrogen-bond donors (Lipinski definition) is 1. The fraction of sp³-hybridized carbons (Fsp3) is 0.0196. The molecular formula is C51H35N5. The second-order valence-corrected chi connectivity index (χ2v) is 14.3. The molecule has 1 N–H and O–H groups in total. The molecule has 11 rings (SSSR count). The fourth-order valence-electron chi connectivity index (χ4n) is 8.36. The molecule has 5 heteroatoms. The first-order valence-electron chi connectivity index (χ1n) is 19.0. The van der Waals surface area contributed by atoms with Gasteiger partial charge in [-0.25, -0.2) is 9.98 Å². The van der Waals surface area contributed by atoms with E-state index in [0.29, 0.717) is 5.84 Å². The zero-order valence-corrected chi connectivity index (χ0v) is 30.4. The summed E-state index contributed by atoms with van der Waals surface area (Å²) in [5, 5.41) is 8.55. The molecule has 8 aromatic carbocycles. The quantitative estimate of drug-likeness (QED) is 0.183. The van der Waals surface area contributed by atoms with Crippen molar-refractivity contribution in [3.05, 3.63) is 211 Å². The second-order valence-electron chi connectivity index (χ2n) is 14.3. The van der Waals surface area contributed by atoms with Gasteiger partial charge in [0.25, 0.3) is 0 Å². The highest BCUT2D eigenvalue weighted by molar-refractivity contribution is 6.14. The molecule has 1 aliphatic heterocycles. The van der Waals surface area contributed by atoms with Crippen LogP contribution in [0.25, 0.3) is 71.6 Å². The van der Waals surface area contributed by atoms with Gasteiger partial charge in [-0.15, -0.1) is 0 Å². The highest BCUT2D eigenvalue weighted by Gasteiger charge is 2.24. The van der Waals surface area contributed by atoms with Crippen LogP contribution >= 0.6 is 0 Å². The molecule has 5 nitrogen and oxygen atoms in total. The van der Waals surface area contributed by atoms with Crippen molar-refractivity contribution in [3.8, 4) is 27.9 Å². The average molecular weight is 718 g/mol.